The molecule has 0 aliphatic carbocycles. The minimum atomic E-state index is -0.422. The van der Waals surface area contributed by atoms with Gasteiger partial charge < -0.3 is 15.4 Å². The van der Waals surface area contributed by atoms with Crippen LogP contribution in [0, 0.1) is 11.3 Å². The van der Waals surface area contributed by atoms with E-state index in [1.165, 1.54) is 13.2 Å². The maximum Gasteiger partial charge on any atom is 0.250 e. The lowest BCUT2D eigenvalue weighted by molar-refractivity contribution is -0.119. The Morgan fingerprint density at radius 2 is 2.11 bits per heavy atom. The van der Waals surface area contributed by atoms with E-state index in [-0.39, 0.29) is 24.0 Å². The summed E-state index contributed by atoms with van der Waals surface area (Å²) in [6, 6.07) is 6.35. The van der Waals surface area contributed by atoms with E-state index in [4.69, 9.17) is 16.9 Å². The Balaban J connectivity index is 2.72. The number of anilines is 2. The van der Waals surface area contributed by atoms with Crippen molar-refractivity contribution in [1.82, 2.24) is 0 Å². The molecule has 6 nitrogen and oxygen atoms in total. The first-order chi connectivity index (χ1) is 9.06. The van der Waals surface area contributed by atoms with Gasteiger partial charge in [-0.15, -0.1) is 0 Å². The van der Waals surface area contributed by atoms with Crippen molar-refractivity contribution < 1.29 is 14.3 Å². The molecule has 0 bridgehead atoms. The van der Waals surface area contributed by atoms with Crippen LogP contribution in [0.3, 0.4) is 0 Å². The van der Waals surface area contributed by atoms with E-state index in [1.807, 2.05) is 0 Å². The van der Waals surface area contributed by atoms with Gasteiger partial charge in [0, 0.05) is 12.8 Å². The molecule has 1 rings (SSSR count). The van der Waals surface area contributed by atoms with Gasteiger partial charge in [0.25, 0.3) is 0 Å². The number of methoxy groups -OCH3 is 1. The fourth-order valence-corrected chi connectivity index (χ4v) is 1.52. The summed E-state index contributed by atoms with van der Waals surface area (Å²) in [5.41, 5.74) is 0.872. The first-order valence-corrected chi connectivity index (χ1v) is 5.69. The van der Waals surface area contributed by atoms with Gasteiger partial charge in [0.2, 0.25) is 11.8 Å². The van der Waals surface area contributed by atoms with E-state index in [2.05, 4.69) is 15.4 Å². The van der Waals surface area contributed by atoms with Crippen molar-refractivity contribution in [1.29, 1.82) is 5.26 Å². The van der Waals surface area contributed by atoms with E-state index in [1.54, 1.807) is 18.2 Å². The van der Waals surface area contributed by atoms with Crippen LogP contribution in [-0.2, 0) is 14.3 Å². The van der Waals surface area contributed by atoms with Crippen LogP contribution < -0.4 is 10.6 Å². The molecule has 1 aromatic rings. The number of carbonyl (C=O) groups is 2. The molecular weight excluding hydrogens is 270 g/mol. The zero-order valence-corrected chi connectivity index (χ0v) is 11.0. The van der Waals surface area contributed by atoms with Gasteiger partial charge in [0.15, 0.2) is 0 Å². The predicted octanol–water partition coefficient (Wildman–Crippen LogP) is 1.78. The second-order valence-corrected chi connectivity index (χ2v) is 3.97. The van der Waals surface area contributed by atoms with Crippen LogP contribution in [0.15, 0.2) is 18.2 Å². The summed E-state index contributed by atoms with van der Waals surface area (Å²) in [6.45, 7) is -0.0724. The van der Waals surface area contributed by atoms with Gasteiger partial charge in [0.1, 0.15) is 13.0 Å². The van der Waals surface area contributed by atoms with Crippen molar-refractivity contribution in [2.45, 2.75) is 6.42 Å². The monoisotopic (exact) mass is 281 g/mol. The molecule has 0 aromatic heterocycles. The molecule has 100 valence electrons. The maximum absolute atomic E-state index is 11.3. The topological polar surface area (TPSA) is 91.2 Å². The van der Waals surface area contributed by atoms with Gasteiger partial charge in [-0.2, -0.15) is 5.26 Å². The maximum atomic E-state index is 11.3. The molecule has 7 heteroatoms. The molecular formula is C12H12ClN3O3. The third-order valence-electron chi connectivity index (χ3n) is 2.04. The molecule has 0 heterocycles. The molecule has 0 fully saturated rings. The highest BCUT2D eigenvalue weighted by Crippen LogP contribution is 2.25. The molecule has 0 unspecified atom stereocenters. The van der Waals surface area contributed by atoms with Crippen LogP contribution in [-0.4, -0.2) is 25.5 Å². The molecule has 0 spiro atoms. The first-order valence-electron chi connectivity index (χ1n) is 5.32. The van der Waals surface area contributed by atoms with E-state index in [0.717, 1.165) is 0 Å². The SMILES string of the molecule is COCC(=O)Nc1ccc(NC(=O)CC#N)cc1Cl. The summed E-state index contributed by atoms with van der Waals surface area (Å²) in [4.78, 5) is 22.5. The minimum absolute atomic E-state index is 0.0724. The Labute approximate surface area is 115 Å². The molecule has 0 radical (unpaired) electrons. The molecule has 0 aliphatic heterocycles. The Hall–Kier alpha value is -2.10. The number of ether oxygens (including phenoxy) is 1. The minimum Gasteiger partial charge on any atom is -0.375 e. The van der Waals surface area contributed by atoms with Crippen molar-refractivity contribution in [2.75, 3.05) is 24.4 Å². The molecule has 0 saturated heterocycles. The van der Waals surface area contributed by atoms with Gasteiger partial charge in [-0.3, -0.25) is 9.59 Å². The number of benzene rings is 1. The highest BCUT2D eigenvalue weighted by Gasteiger charge is 2.07. The van der Waals surface area contributed by atoms with E-state index < -0.39 is 5.91 Å². The standard InChI is InChI=1S/C12H12ClN3O3/c1-19-7-12(18)16-10-3-2-8(6-9(10)13)15-11(17)4-5-14/h2-3,6H,4,7H2,1H3,(H,15,17)(H,16,18). The van der Waals surface area contributed by atoms with Gasteiger partial charge in [0.05, 0.1) is 16.8 Å². The van der Waals surface area contributed by atoms with Crippen LogP contribution in [0.2, 0.25) is 5.02 Å². The number of nitrogens with one attached hydrogen (secondary N) is 2. The average Bonchev–Trinajstić information content (AvgIpc) is 2.33. The fraction of sp³-hybridized carbons (Fsp3) is 0.250. The normalized spacial score (nSPS) is 9.53. The lowest BCUT2D eigenvalue weighted by atomic mass is 10.2. The van der Waals surface area contributed by atoms with Gasteiger partial charge in [-0.25, -0.2) is 0 Å². The number of nitriles is 1. The zero-order valence-electron chi connectivity index (χ0n) is 10.2. The predicted molar refractivity (Wildman–Crippen MR) is 70.8 cm³/mol. The Kier molecular flexibility index (Phi) is 5.79. The van der Waals surface area contributed by atoms with Gasteiger partial charge >= 0.3 is 0 Å². The van der Waals surface area contributed by atoms with Crippen molar-refractivity contribution in [2.24, 2.45) is 0 Å². The summed E-state index contributed by atoms with van der Waals surface area (Å²) in [5.74, 6) is -0.750. The van der Waals surface area contributed by atoms with Crippen LogP contribution >= 0.6 is 11.6 Å². The van der Waals surface area contributed by atoms with Crippen LogP contribution in [0.5, 0.6) is 0 Å². The van der Waals surface area contributed by atoms with Crippen molar-refractivity contribution >= 4 is 34.8 Å². The number of carbonyl (C=O) groups excluding carboxylic acids is 2. The van der Waals surface area contributed by atoms with Crippen molar-refractivity contribution in [3.05, 3.63) is 23.2 Å². The molecule has 2 N–H and O–H groups in total. The first kappa shape index (κ1) is 15.0. The Morgan fingerprint density at radius 1 is 1.37 bits per heavy atom. The largest absolute Gasteiger partial charge is 0.375 e. The summed E-state index contributed by atoms with van der Waals surface area (Å²) >= 11 is 5.96. The highest BCUT2D eigenvalue weighted by atomic mass is 35.5. The highest BCUT2D eigenvalue weighted by molar-refractivity contribution is 6.34. The Morgan fingerprint density at radius 3 is 2.68 bits per heavy atom. The van der Waals surface area contributed by atoms with E-state index in [9.17, 15) is 9.59 Å². The van der Waals surface area contributed by atoms with Crippen molar-refractivity contribution in [3.8, 4) is 6.07 Å². The zero-order chi connectivity index (χ0) is 14.3. The molecule has 0 atom stereocenters. The summed E-state index contributed by atoms with van der Waals surface area (Å²) in [5, 5.41) is 13.7. The molecule has 1 aromatic carbocycles. The third kappa shape index (κ3) is 4.95. The van der Waals surface area contributed by atoms with Crippen molar-refractivity contribution in [3.63, 3.8) is 0 Å². The van der Waals surface area contributed by atoms with E-state index >= 15 is 0 Å². The number of amides is 2. The average molecular weight is 282 g/mol. The number of nitrogens with zero attached hydrogens (tertiary/aromatic N) is 1. The third-order valence-corrected chi connectivity index (χ3v) is 2.35. The van der Waals surface area contributed by atoms with Gasteiger partial charge in [-0.1, -0.05) is 11.6 Å². The second-order valence-electron chi connectivity index (χ2n) is 3.56. The summed E-state index contributed by atoms with van der Waals surface area (Å²) in [7, 11) is 1.41. The van der Waals surface area contributed by atoms with E-state index in [0.29, 0.717) is 11.4 Å². The number of hydrogen-bond acceptors (Lipinski definition) is 4. The van der Waals surface area contributed by atoms with Crippen LogP contribution in [0.4, 0.5) is 11.4 Å². The lowest BCUT2D eigenvalue weighted by Crippen LogP contribution is -2.17. The van der Waals surface area contributed by atoms with Gasteiger partial charge in [-0.05, 0) is 18.2 Å². The fourth-order valence-electron chi connectivity index (χ4n) is 1.29. The number of halogens is 1. The summed E-state index contributed by atoms with van der Waals surface area (Å²) < 4.78 is 4.68. The molecule has 0 aliphatic rings. The van der Waals surface area contributed by atoms with Crippen LogP contribution in [0.25, 0.3) is 0 Å². The quantitative estimate of drug-likeness (QED) is 0.860. The second kappa shape index (κ2) is 7.36. The number of rotatable bonds is 5. The smallest absolute Gasteiger partial charge is 0.250 e. The molecule has 2 amide bonds. The molecule has 0 saturated carbocycles. The molecule has 19 heavy (non-hydrogen) atoms. The summed E-state index contributed by atoms with van der Waals surface area (Å²) in [6.07, 6.45) is -0.232. The van der Waals surface area contributed by atoms with Crippen LogP contribution in [0.1, 0.15) is 6.42 Å². The number of hydrogen-bond donors (Lipinski definition) is 2. The lowest BCUT2D eigenvalue weighted by Gasteiger charge is -2.09. The Bertz CT molecular complexity index is 525.